The monoisotopic (exact) mass is 874 g/mol. The van der Waals surface area contributed by atoms with Crippen LogP contribution in [0.1, 0.15) is 49.8 Å². The molecule has 0 saturated carbocycles. The minimum atomic E-state index is -1.39. The van der Waals surface area contributed by atoms with Crippen molar-refractivity contribution in [1.82, 2.24) is 31.5 Å². The van der Waals surface area contributed by atoms with Gasteiger partial charge in [-0.15, -0.1) is 0 Å². The number of carboxylic acids is 1. The molecule has 0 unspecified atom stereocenters. The molecule has 17 heteroatoms. The molecule has 16 nitrogen and oxygen atoms in total. The topological polar surface area (TPSA) is 255 Å². The zero-order valence-corrected chi connectivity index (χ0v) is 36.7. The summed E-state index contributed by atoms with van der Waals surface area (Å²) in [6, 6.07) is 21.9. The molecule has 0 aliphatic heterocycles. The van der Waals surface area contributed by atoms with Gasteiger partial charge in [0.2, 0.25) is 35.4 Å². The van der Waals surface area contributed by atoms with E-state index in [1.54, 1.807) is 0 Å². The van der Waals surface area contributed by atoms with E-state index in [-0.39, 0.29) is 31.7 Å². The van der Waals surface area contributed by atoms with Crippen LogP contribution >= 0.6 is 11.8 Å². The summed E-state index contributed by atoms with van der Waals surface area (Å²) in [6.07, 6.45) is 2.69. The van der Waals surface area contributed by atoms with Gasteiger partial charge in [-0.25, -0.2) is 0 Å². The van der Waals surface area contributed by atoms with E-state index in [0.717, 1.165) is 16.7 Å². The molecule has 0 fully saturated rings. The average Bonchev–Trinajstić information content (AvgIpc) is 3.24. The van der Waals surface area contributed by atoms with Gasteiger partial charge in [0.15, 0.2) is 0 Å². The molecule has 0 aliphatic rings. The van der Waals surface area contributed by atoms with Crippen molar-refractivity contribution in [3.63, 3.8) is 0 Å². The summed E-state index contributed by atoms with van der Waals surface area (Å²) >= 11 is 1.50. The SMILES string of the molecule is CSCC[C@H](NC(=O)[C@H](CC(C)C)NC(=O)CNC(=O)[C@H](Cc1ccccc1)N(C)C(=O)[C@H](Cc1ccccc1)NC[C@H](Cc1ccccc1)NC(=O)C[C@H](N)C(=O)O)C(N)=O. The lowest BCUT2D eigenvalue weighted by atomic mass is 10.00. The van der Waals surface area contributed by atoms with E-state index in [4.69, 9.17) is 11.5 Å². The fraction of sp³-hybridized carbons (Fsp3) is 0.444. The highest BCUT2D eigenvalue weighted by molar-refractivity contribution is 7.98. The van der Waals surface area contributed by atoms with Crippen molar-refractivity contribution in [3.8, 4) is 0 Å². The molecule has 6 amide bonds. The van der Waals surface area contributed by atoms with Crippen LogP contribution in [0.5, 0.6) is 0 Å². The van der Waals surface area contributed by atoms with Crippen molar-refractivity contribution >= 4 is 53.2 Å². The van der Waals surface area contributed by atoms with Crippen molar-refractivity contribution in [2.75, 3.05) is 32.1 Å². The van der Waals surface area contributed by atoms with Crippen LogP contribution in [0.15, 0.2) is 91.0 Å². The number of primary amides is 1. The summed E-state index contributed by atoms with van der Waals surface area (Å²) in [4.78, 5) is 93.0. The number of carbonyl (C=O) groups excluding carboxylic acids is 6. The van der Waals surface area contributed by atoms with Crippen LogP contribution in [-0.2, 0) is 52.8 Å². The van der Waals surface area contributed by atoms with E-state index in [2.05, 4.69) is 26.6 Å². The van der Waals surface area contributed by atoms with Crippen molar-refractivity contribution in [3.05, 3.63) is 108 Å². The second-order valence-corrected chi connectivity index (χ2v) is 16.6. The third-order valence-electron chi connectivity index (χ3n) is 10.0. The second kappa shape index (κ2) is 26.5. The van der Waals surface area contributed by atoms with Gasteiger partial charge in [-0.1, -0.05) is 105 Å². The predicted molar refractivity (Wildman–Crippen MR) is 239 cm³/mol. The van der Waals surface area contributed by atoms with Crippen molar-refractivity contribution in [2.24, 2.45) is 17.4 Å². The molecule has 3 aromatic rings. The average molecular weight is 875 g/mol. The van der Waals surface area contributed by atoms with Crippen LogP contribution in [0.3, 0.4) is 0 Å². The Morgan fingerprint density at radius 1 is 0.710 bits per heavy atom. The van der Waals surface area contributed by atoms with Crippen molar-refractivity contribution in [2.45, 2.75) is 88.6 Å². The molecule has 0 saturated heterocycles. The Balaban J connectivity index is 1.85. The molecule has 0 heterocycles. The first kappa shape index (κ1) is 50.6. The Kier molecular flexibility index (Phi) is 21.6. The van der Waals surface area contributed by atoms with Gasteiger partial charge in [0.1, 0.15) is 24.2 Å². The molecular formula is C45H62N8O8S. The van der Waals surface area contributed by atoms with Crippen molar-refractivity contribution < 1.29 is 38.7 Å². The van der Waals surface area contributed by atoms with E-state index in [1.165, 1.54) is 23.7 Å². The summed E-state index contributed by atoms with van der Waals surface area (Å²) in [6.45, 7) is 3.36. The van der Waals surface area contributed by atoms with Gasteiger partial charge in [-0.05, 0) is 60.3 Å². The van der Waals surface area contributed by atoms with Gasteiger partial charge in [-0.2, -0.15) is 11.8 Å². The first-order valence-electron chi connectivity index (χ1n) is 20.6. The summed E-state index contributed by atoms with van der Waals surface area (Å²) in [5.74, 6) is -4.24. The lowest BCUT2D eigenvalue weighted by molar-refractivity contribution is -0.141. The fourth-order valence-corrected chi connectivity index (χ4v) is 7.17. The minimum absolute atomic E-state index is 0.00802. The smallest absolute Gasteiger partial charge is 0.321 e. The highest BCUT2D eigenvalue weighted by Crippen LogP contribution is 2.14. The Bertz CT molecular complexity index is 1910. The van der Waals surface area contributed by atoms with Crippen molar-refractivity contribution in [1.29, 1.82) is 0 Å². The number of hydrogen-bond acceptors (Lipinski definition) is 10. The molecule has 0 spiro atoms. The van der Waals surface area contributed by atoms with Gasteiger partial charge in [0.05, 0.1) is 19.0 Å². The fourth-order valence-electron chi connectivity index (χ4n) is 6.70. The maximum absolute atomic E-state index is 14.6. The lowest BCUT2D eigenvalue weighted by Crippen LogP contribution is -2.58. The number of carboxylic acid groups (broad SMARTS) is 1. The molecular weight excluding hydrogens is 813 g/mol. The Hall–Kier alpha value is -5.78. The summed E-state index contributed by atoms with van der Waals surface area (Å²) in [5, 5.41) is 23.5. The standard InChI is InChI=1S/C45H62N8O8S/c1-29(2)22-36(42(57)52-35(41(47)56)20-21-62-4)51-40(55)28-49-43(58)38(25-32-18-12-7-13-19-32)53(3)44(59)37(24-31-16-10-6-11-17-31)48-27-33(23-30-14-8-5-9-15-30)50-39(54)26-34(46)45(60)61/h5-19,29,33-38,48H,20-28,46H2,1-4H3,(H2,47,56)(H,49,58)(H,50,54)(H,51,55)(H,52,57)(H,60,61)/t33-,34-,35-,36-,37-,38-/m0/s1. The summed E-state index contributed by atoms with van der Waals surface area (Å²) in [5.41, 5.74) is 13.7. The van der Waals surface area contributed by atoms with Crippen LogP contribution in [0.25, 0.3) is 0 Å². The van der Waals surface area contributed by atoms with Gasteiger partial charge >= 0.3 is 5.97 Å². The normalized spacial score (nSPS) is 14.0. The van der Waals surface area contributed by atoms with E-state index in [9.17, 15) is 38.7 Å². The molecule has 3 aromatic carbocycles. The third kappa shape index (κ3) is 18.1. The first-order chi connectivity index (χ1) is 29.6. The quantitative estimate of drug-likeness (QED) is 0.0540. The molecule has 62 heavy (non-hydrogen) atoms. The first-order valence-corrected chi connectivity index (χ1v) is 22.0. The van der Waals surface area contributed by atoms with Gasteiger partial charge in [-0.3, -0.25) is 33.6 Å². The Labute approximate surface area is 368 Å². The molecule has 3 rings (SSSR count). The lowest BCUT2D eigenvalue weighted by Gasteiger charge is -2.32. The highest BCUT2D eigenvalue weighted by atomic mass is 32.2. The summed E-state index contributed by atoms with van der Waals surface area (Å²) in [7, 11) is 1.51. The Morgan fingerprint density at radius 3 is 1.77 bits per heavy atom. The number of rotatable bonds is 27. The Morgan fingerprint density at radius 2 is 1.26 bits per heavy atom. The number of nitrogens with zero attached hydrogens (tertiary/aromatic N) is 1. The van der Waals surface area contributed by atoms with E-state index >= 15 is 0 Å². The number of carbonyl (C=O) groups is 7. The maximum atomic E-state index is 14.6. The van der Waals surface area contributed by atoms with Crippen LogP contribution in [-0.4, -0.2) is 120 Å². The van der Waals surface area contributed by atoms with Gasteiger partial charge < -0.3 is 48.1 Å². The van der Waals surface area contributed by atoms with Crippen LogP contribution in [0.2, 0.25) is 0 Å². The number of hydrogen-bond donors (Lipinski definition) is 8. The van der Waals surface area contributed by atoms with Crippen LogP contribution < -0.4 is 38.1 Å². The second-order valence-electron chi connectivity index (χ2n) is 15.6. The van der Waals surface area contributed by atoms with Crippen LogP contribution in [0.4, 0.5) is 0 Å². The number of aliphatic carboxylic acids is 1. The molecule has 0 radical (unpaired) electrons. The summed E-state index contributed by atoms with van der Waals surface area (Å²) < 4.78 is 0. The predicted octanol–water partition coefficient (Wildman–Crippen LogP) is 1.16. The number of likely N-dealkylation sites (N-methyl/N-ethyl adjacent to an activating group) is 1. The van der Waals surface area contributed by atoms with Gasteiger partial charge in [0, 0.05) is 26.1 Å². The molecule has 0 aromatic heterocycles. The number of nitrogens with two attached hydrogens (primary N) is 2. The molecule has 0 bridgehead atoms. The van der Waals surface area contributed by atoms with Crippen LogP contribution in [0, 0.1) is 5.92 Å². The largest absolute Gasteiger partial charge is 0.480 e. The molecule has 0 aliphatic carbocycles. The zero-order chi connectivity index (χ0) is 45.6. The van der Waals surface area contributed by atoms with E-state index < -0.39 is 90.6 Å². The number of benzene rings is 3. The van der Waals surface area contributed by atoms with E-state index in [1.807, 2.05) is 111 Å². The molecule has 10 N–H and O–H groups in total. The number of amides is 6. The zero-order valence-electron chi connectivity index (χ0n) is 35.9. The minimum Gasteiger partial charge on any atom is -0.480 e. The van der Waals surface area contributed by atoms with Gasteiger partial charge in [0.25, 0.3) is 0 Å². The van der Waals surface area contributed by atoms with E-state index in [0.29, 0.717) is 18.6 Å². The highest BCUT2D eigenvalue weighted by Gasteiger charge is 2.33. The third-order valence-corrected chi connectivity index (χ3v) is 10.7. The molecule has 336 valence electrons. The number of thioether (sulfide) groups is 1. The molecule has 6 atom stereocenters. The maximum Gasteiger partial charge on any atom is 0.321 e. The number of nitrogens with one attached hydrogen (secondary N) is 5.